The van der Waals surface area contributed by atoms with E-state index in [2.05, 4.69) is 41.3 Å². The molecule has 0 nitrogen and oxygen atoms in total. The van der Waals surface area contributed by atoms with E-state index < -0.39 is 0 Å². The number of halogens is 1. The lowest BCUT2D eigenvalue weighted by Crippen LogP contribution is -1.76. The van der Waals surface area contributed by atoms with E-state index in [9.17, 15) is 0 Å². The van der Waals surface area contributed by atoms with Gasteiger partial charge < -0.3 is 0 Å². The number of hydrogen-bond acceptors (Lipinski definition) is 1. The second-order valence-electron chi connectivity index (χ2n) is 1.76. The third-order valence-corrected chi connectivity index (χ3v) is 2.39. The van der Waals surface area contributed by atoms with Gasteiger partial charge in [0, 0.05) is 9.32 Å². The molecular formula is C7H7IS. The van der Waals surface area contributed by atoms with Crippen molar-refractivity contribution in [1.29, 1.82) is 0 Å². The minimum absolute atomic E-state index is 1.04. The highest BCUT2D eigenvalue weighted by Gasteiger charge is 1.91. The maximum atomic E-state index is 4.27. The summed E-state index contributed by atoms with van der Waals surface area (Å²) in [5.74, 6) is 0. The minimum atomic E-state index is 1.04. The third kappa shape index (κ3) is 1.86. The highest BCUT2D eigenvalue weighted by Crippen LogP contribution is 2.15. The molecule has 0 radical (unpaired) electrons. The normalized spacial score (nSPS) is 9.56. The van der Waals surface area contributed by atoms with Gasteiger partial charge >= 0.3 is 0 Å². The zero-order chi connectivity index (χ0) is 6.69. The quantitative estimate of drug-likeness (QED) is 0.442. The van der Waals surface area contributed by atoms with Gasteiger partial charge in [0.1, 0.15) is 0 Å². The summed E-state index contributed by atoms with van der Waals surface area (Å²) in [4.78, 5) is 1.09. The van der Waals surface area contributed by atoms with Gasteiger partial charge in [0.05, 0.1) is 0 Å². The molecule has 0 aliphatic rings. The Balaban J connectivity index is 3.01. The summed E-state index contributed by atoms with van der Waals surface area (Å²) in [5, 5.41) is 0. The predicted octanol–water partition coefficient (Wildman–Crippen LogP) is 2.91. The molecule has 0 unspecified atom stereocenters. The molecule has 0 bridgehead atoms. The Morgan fingerprint density at radius 1 is 1.33 bits per heavy atom. The Morgan fingerprint density at radius 3 is 2.44 bits per heavy atom. The largest absolute Gasteiger partial charge is 0.143 e. The van der Waals surface area contributed by atoms with Crippen LogP contribution in [0.4, 0.5) is 0 Å². The Labute approximate surface area is 74.2 Å². The summed E-state index contributed by atoms with van der Waals surface area (Å²) in [7, 11) is 0. The highest BCUT2D eigenvalue weighted by molar-refractivity contribution is 14.1. The first-order chi connectivity index (χ1) is 4.34. The van der Waals surface area contributed by atoms with E-state index in [4.69, 9.17) is 0 Å². The van der Waals surface area contributed by atoms with Gasteiger partial charge in [0.25, 0.3) is 0 Å². The fourth-order valence-corrected chi connectivity index (χ4v) is 1.83. The number of rotatable bonds is 1. The Morgan fingerprint density at radius 2 is 2.00 bits per heavy atom. The topological polar surface area (TPSA) is 0 Å². The van der Waals surface area contributed by atoms with Crippen LogP contribution < -0.4 is 0 Å². The van der Waals surface area contributed by atoms with E-state index >= 15 is 0 Å². The van der Waals surface area contributed by atoms with E-state index in [-0.39, 0.29) is 0 Å². The van der Waals surface area contributed by atoms with Crippen LogP contribution >= 0.6 is 35.2 Å². The van der Waals surface area contributed by atoms with E-state index in [1.807, 2.05) is 18.2 Å². The molecule has 0 heterocycles. The van der Waals surface area contributed by atoms with Crippen molar-refractivity contribution in [2.24, 2.45) is 0 Å². The molecule has 0 fully saturated rings. The SMILES string of the molecule is Sc1ccccc1CI. The van der Waals surface area contributed by atoms with E-state index in [1.54, 1.807) is 0 Å². The van der Waals surface area contributed by atoms with Gasteiger partial charge in [0.15, 0.2) is 0 Å². The summed E-state index contributed by atoms with van der Waals surface area (Å²) in [6.45, 7) is 0. The highest BCUT2D eigenvalue weighted by atomic mass is 127. The summed E-state index contributed by atoms with van der Waals surface area (Å²) in [6, 6.07) is 8.14. The van der Waals surface area contributed by atoms with Gasteiger partial charge in [-0.25, -0.2) is 0 Å². The number of benzene rings is 1. The lowest BCUT2D eigenvalue weighted by Gasteiger charge is -1.96. The summed E-state index contributed by atoms with van der Waals surface area (Å²) < 4.78 is 1.04. The second-order valence-corrected chi connectivity index (χ2v) is 3.01. The van der Waals surface area contributed by atoms with Crippen LogP contribution in [0.3, 0.4) is 0 Å². The summed E-state index contributed by atoms with van der Waals surface area (Å²) in [6.07, 6.45) is 0. The molecule has 0 saturated carbocycles. The minimum Gasteiger partial charge on any atom is -0.143 e. The predicted molar refractivity (Wildman–Crippen MR) is 51.4 cm³/mol. The van der Waals surface area contributed by atoms with Crippen molar-refractivity contribution in [3.8, 4) is 0 Å². The van der Waals surface area contributed by atoms with Crippen LogP contribution in [0.25, 0.3) is 0 Å². The number of thiol groups is 1. The van der Waals surface area contributed by atoms with Crippen LogP contribution in [0, 0.1) is 0 Å². The van der Waals surface area contributed by atoms with Gasteiger partial charge in [-0.1, -0.05) is 40.8 Å². The molecular weight excluding hydrogens is 243 g/mol. The van der Waals surface area contributed by atoms with E-state index in [0.29, 0.717) is 0 Å². The maximum absolute atomic E-state index is 4.27. The molecule has 0 aliphatic carbocycles. The van der Waals surface area contributed by atoms with Crippen LogP contribution in [-0.4, -0.2) is 0 Å². The Kier molecular flexibility index (Phi) is 2.85. The molecule has 1 aromatic rings. The summed E-state index contributed by atoms with van der Waals surface area (Å²) >= 11 is 6.60. The molecule has 0 atom stereocenters. The molecule has 0 spiro atoms. The molecule has 9 heavy (non-hydrogen) atoms. The van der Waals surface area contributed by atoms with Crippen LogP contribution in [0.15, 0.2) is 29.2 Å². The van der Waals surface area contributed by atoms with Crippen molar-refractivity contribution < 1.29 is 0 Å². The van der Waals surface area contributed by atoms with Crippen molar-refractivity contribution in [2.75, 3.05) is 0 Å². The molecule has 0 aliphatic heterocycles. The molecule has 0 aromatic heterocycles. The number of alkyl halides is 1. The van der Waals surface area contributed by atoms with Crippen LogP contribution in [0.1, 0.15) is 5.56 Å². The fraction of sp³-hybridized carbons (Fsp3) is 0.143. The molecule has 1 rings (SSSR count). The van der Waals surface area contributed by atoms with Gasteiger partial charge in [-0.15, -0.1) is 12.6 Å². The number of hydrogen-bond donors (Lipinski definition) is 1. The first-order valence-corrected chi connectivity index (χ1v) is 4.64. The molecule has 0 saturated heterocycles. The molecule has 0 amide bonds. The maximum Gasteiger partial charge on any atom is 0.0258 e. The van der Waals surface area contributed by atoms with Gasteiger partial charge in [0.2, 0.25) is 0 Å². The summed E-state index contributed by atoms with van der Waals surface area (Å²) in [5.41, 5.74) is 1.31. The first-order valence-electron chi connectivity index (χ1n) is 2.67. The Bertz CT molecular complexity index is 198. The van der Waals surface area contributed by atoms with Gasteiger partial charge in [-0.3, -0.25) is 0 Å². The fourth-order valence-electron chi connectivity index (χ4n) is 0.624. The monoisotopic (exact) mass is 250 g/mol. The molecule has 1 aromatic carbocycles. The average Bonchev–Trinajstić information content (AvgIpc) is 1.89. The van der Waals surface area contributed by atoms with Gasteiger partial charge in [-0.2, -0.15) is 0 Å². The second kappa shape index (κ2) is 3.46. The lowest BCUT2D eigenvalue weighted by molar-refractivity contribution is 1.30. The third-order valence-electron chi connectivity index (χ3n) is 1.14. The van der Waals surface area contributed by atoms with Crippen molar-refractivity contribution in [1.82, 2.24) is 0 Å². The van der Waals surface area contributed by atoms with Crippen molar-refractivity contribution in [3.05, 3.63) is 29.8 Å². The van der Waals surface area contributed by atoms with Crippen LogP contribution in [-0.2, 0) is 4.43 Å². The molecule has 2 heteroatoms. The first kappa shape index (κ1) is 7.41. The van der Waals surface area contributed by atoms with Crippen LogP contribution in [0.2, 0.25) is 0 Å². The van der Waals surface area contributed by atoms with Crippen molar-refractivity contribution in [3.63, 3.8) is 0 Å². The van der Waals surface area contributed by atoms with Crippen LogP contribution in [0.5, 0.6) is 0 Å². The standard InChI is InChI=1S/C7H7IS/c8-5-6-3-1-2-4-7(6)9/h1-4,9H,5H2. The zero-order valence-electron chi connectivity index (χ0n) is 4.84. The van der Waals surface area contributed by atoms with E-state index in [1.165, 1.54) is 5.56 Å². The van der Waals surface area contributed by atoms with Crippen molar-refractivity contribution in [2.45, 2.75) is 9.32 Å². The zero-order valence-corrected chi connectivity index (χ0v) is 7.89. The van der Waals surface area contributed by atoms with Gasteiger partial charge in [-0.05, 0) is 11.6 Å². The lowest BCUT2D eigenvalue weighted by atomic mass is 10.2. The molecule has 0 N–H and O–H groups in total. The van der Waals surface area contributed by atoms with E-state index in [0.717, 1.165) is 9.32 Å². The van der Waals surface area contributed by atoms with Crippen molar-refractivity contribution >= 4 is 35.2 Å². The molecule has 48 valence electrons. The Hall–Kier alpha value is 0.300. The smallest absolute Gasteiger partial charge is 0.0258 e. The average molecular weight is 250 g/mol.